The fraction of sp³-hybridized carbons (Fsp3) is 0.0435. The molecular formula is C46H41N. The van der Waals surface area contributed by atoms with Gasteiger partial charge >= 0.3 is 0 Å². The molecule has 1 heteroatoms. The minimum absolute atomic E-state index is 0.749. The number of hydrogen-bond acceptors (Lipinski definition) is 1. The lowest BCUT2D eigenvalue weighted by Crippen LogP contribution is -1.96. The average molecular weight is 608 g/mol. The number of allylic oxidation sites excluding steroid dienone is 5. The molecule has 0 saturated heterocycles. The van der Waals surface area contributed by atoms with Crippen LogP contribution in [0.4, 0.5) is 0 Å². The van der Waals surface area contributed by atoms with Crippen LogP contribution in [-0.2, 0) is 0 Å². The Kier molecular flexibility index (Phi) is 10.3. The minimum atomic E-state index is 0.749. The maximum Gasteiger partial charge on any atom is 0.0387 e. The van der Waals surface area contributed by atoms with Gasteiger partial charge in [-0.2, -0.15) is 0 Å². The predicted molar refractivity (Wildman–Crippen MR) is 210 cm³/mol. The molecule has 0 heterocycles. The standard InChI is InChI=1S/C42H35N.C4H6/c1-5-8-16-40(43)30-21-19-29(20-22-30)31-12-11-13-34(26-31)41-36(6-2)37(7-3)42(39-15-10-9-14-38(39)41)35-24-23-32-25-28(4)17-18-33(32)27-35;1-3-4-2/h5-27H,2-3,43H2,1,4H3;3-4H,1-2H2/b8-5-,40-16-;. The van der Waals surface area contributed by atoms with Gasteiger partial charge in [0.15, 0.2) is 0 Å². The van der Waals surface area contributed by atoms with Gasteiger partial charge in [0.1, 0.15) is 0 Å². The first-order valence-corrected chi connectivity index (χ1v) is 15.8. The molecule has 0 saturated carbocycles. The summed E-state index contributed by atoms with van der Waals surface area (Å²) in [6.07, 6.45) is 13.1. The number of nitrogens with two attached hydrogens (primary N) is 1. The first-order chi connectivity index (χ1) is 22.9. The third-order valence-electron chi connectivity index (χ3n) is 8.32. The Morgan fingerprint density at radius 2 is 1.13 bits per heavy atom. The molecule has 0 aromatic heterocycles. The molecule has 0 spiro atoms. The molecule has 0 aliphatic heterocycles. The van der Waals surface area contributed by atoms with E-state index in [-0.39, 0.29) is 0 Å². The Bertz CT molecular complexity index is 2160. The zero-order valence-electron chi connectivity index (χ0n) is 27.3. The Morgan fingerprint density at radius 3 is 1.72 bits per heavy atom. The van der Waals surface area contributed by atoms with E-state index in [1.165, 1.54) is 38.2 Å². The second-order valence-electron chi connectivity index (χ2n) is 11.4. The average Bonchev–Trinajstić information content (AvgIpc) is 3.12. The van der Waals surface area contributed by atoms with E-state index >= 15 is 0 Å². The molecule has 0 aliphatic rings. The number of aryl methyl sites for hydroxylation is 1. The second kappa shape index (κ2) is 14.9. The van der Waals surface area contributed by atoms with Gasteiger partial charge in [-0.15, -0.1) is 0 Å². The number of benzene rings is 6. The second-order valence-corrected chi connectivity index (χ2v) is 11.4. The summed E-state index contributed by atoms with van der Waals surface area (Å²) in [4.78, 5) is 0. The molecule has 0 amide bonds. The summed E-state index contributed by atoms with van der Waals surface area (Å²) in [5.74, 6) is 0. The first-order valence-electron chi connectivity index (χ1n) is 15.8. The molecule has 47 heavy (non-hydrogen) atoms. The normalized spacial score (nSPS) is 11.2. The number of rotatable bonds is 8. The van der Waals surface area contributed by atoms with Crippen molar-refractivity contribution in [1.82, 2.24) is 0 Å². The third-order valence-corrected chi connectivity index (χ3v) is 8.32. The lowest BCUT2D eigenvalue weighted by atomic mass is 9.82. The van der Waals surface area contributed by atoms with E-state index in [1.54, 1.807) is 12.2 Å². The van der Waals surface area contributed by atoms with Gasteiger partial charge in [0.05, 0.1) is 0 Å². The molecule has 0 fully saturated rings. The van der Waals surface area contributed by atoms with Crippen LogP contribution in [-0.4, -0.2) is 0 Å². The van der Waals surface area contributed by atoms with E-state index in [0.29, 0.717) is 0 Å². The Labute approximate surface area is 279 Å². The fourth-order valence-electron chi connectivity index (χ4n) is 6.05. The summed E-state index contributed by atoms with van der Waals surface area (Å²) in [5.41, 5.74) is 18.4. The molecule has 2 N–H and O–H groups in total. The lowest BCUT2D eigenvalue weighted by Gasteiger charge is -2.21. The molecule has 6 aromatic carbocycles. The van der Waals surface area contributed by atoms with Gasteiger partial charge < -0.3 is 5.73 Å². The summed E-state index contributed by atoms with van der Waals surface area (Å²) in [7, 11) is 0. The van der Waals surface area contributed by atoms with Crippen molar-refractivity contribution in [2.75, 3.05) is 0 Å². The third kappa shape index (κ3) is 6.85. The Hall–Kier alpha value is -5.92. The van der Waals surface area contributed by atoms with E-state index in [9.17, 15) is 0 Å². The zero-order chi connectivity index (χ0) is 33.3. The topological polar surface area (TPSA) is 26.0 Å². The van der Waals surface area contributed by atoms with Crippen LogP contribution in [0.3, 0.4) is 0 Å². The van der Waals surface area contributed by atoms with Gasteiger partial charge in [0.25, 0.3) is 0 Å². The SMILES string of the molecule is C=CC=C.C=Cc1c(C=C)c(-c2ccc3cc(C)ccc3c2)c2ccccc2c1-c1cccc(-c2ccc(/C(N)=C/C=C\C)cc2)c1. The van der Waals surface area contributed by atoms with Crippen molar-refractivity contribution in [3.8, 4) is 33.4 Å². The largest absolute Gasteiger partial charge is 0.398 e. The van der Waals surface area contributed by atoms with Crippen LogP contribution in [0.1, 0.15) is 29.2 Å². The minimum Gasteiger partial charge on any atom is -0.398 e. The van der Waals surface area contributed by atoms with Crippen molar-refractivity contribution in [2.24, 2.45) is 5.73 Å². The predicted octanol–water partition coefficient (Wildman–Crippen LogP) is 12.8. The van der Waals surface area contributed by atoms with Crippen LogP contribution in [0, 0.1) is 6.92 Å². The summed E-state index contributed by atoms with van der Waals surface area (Å²) < 4.78 is 0. The van der Waals surface area contributed by atoms with Crippen molar-refractivity contribution < 1.29 is 0 Å². The van der Waals surface area contributed by atoms with Gasteiger partial charge in [-0.05, 0) is 104 Å². The highest BCUT2D eigenvalue weighted by Gasteiger charge is 2.19. The molecule has 0 bridgehead atoms. The van der Waals surface area contributed by atoms with Crippen molar-refractivity contribution in [1.29, 1.82) is 0 Å². The summed E-state index contributed by atoms with van der Waals surface area (Å²) in [6.45, 7) is 19.4. The highest BCUT2D eigenvalue weighted by atomic mass is 14.6. The number of hydrogen-bond donors (Lipinski definition) is 1. The quantitative estimate of drug-likeness (QED) is 0.171. The lowest BCUT2D eigenvalue weighted by molar-refractivity contribution is 1.50. The van der Waals surface area contributed by atoms with Crippen molar-refractivity contribution in [3.63, 3.8) is 0 Å². The zero-order valence-corrected chi connectivity index (χ0v) is 27.3. The monoisotopic (exact) mass is 607 g/mol. The van der Waals surface area contributed by atoms with Crippen LogP contribution >= 0.6 is 0 Å². The molecule has 0 radical (unpaired) electrons. The van der Waals surface area contributed by atoms with E-state index in [2.05, 4.69) is 142 Å². The van der Waals surface area contributed by atoms with Gasteiger partial charge in [-0.3, -0.25) is 0 Å². The van der Waals surface area contributed by atoms with Crippen LogP contribution < -0.4 is 5.73 Å². The maximum absolute atomic E-state index is 6.26. The van der Waals surface area contributed by atoms with Gasteiger partial charge in [0.2, 0.25) is 0 Å². The molecule has 0 aliphatic carbocycles. The highest BCUT2D eigenvalue weighted by molar-refractivity contribution is 6.12. The first kappa shape index (κ1) is 32.5. The van der Waals surface area contributed by atoms with Gasteiger partial charge in [0, 0.05) is 5.70 Å². The van der Waals surface area contributed by atoms with E-state index < -0.39 is 0 Å². The molecular weight excluding hydrogens is 567 g/mol. The van der Waals surface area contributed by atoms with Crippen molar-refractivity contribution in [2.45, 2.75) is 13.8 Å². The molecule has 6 rings (SSSR count). The van der Waals surface area contributed by atoms with Gasteiger partial charge in [-0.25, -0.2) is 0 Å². The number of fused-ring (bicyclic) bond motifs is 2. The smallest absolute Gasteiger partial charge is 0.0387 e. The molecule has 230 valence electrons. The maximum atomic E-state index is 6.26. The van der Waals surface area contributed by atoms with Crippen LogP contribution in [0.5, 0.6) is 0 Å². The fourth-order valence-corrected chi connectivity index (χ4v) is 6.05. The van der Waals surface area contributed by atoms with E-state index in [0.717, 1.165) is 44.6 Å². The van der Waals surface area contributed by atoms with Crippen LogP contribution in [0.25, 0.3) is 72.8 Å². The van der Waals surface area contributed by atoms with Crippen LogP contribution in [0.15, 0.2) is 166 Å². The van der Waals surface area contributed by atoms with E-state index in [1.807, 2.05) is 37.3 Å². The Morgan fingerprint density at radius 1 is 0.574 bits per heavy atom. The molecule has 0 unspecified atom stereocenters. The van der Waals surface area contributed by atoms with Crippen molar-refractivity contribution in [3.05, 3.63) is 188 Å². The highest BCUT2D eigenvalue weighted by Crippen LogP contribution is 2.44. The summed E-state index contributed by atoms with van der Waals surface area (Å²) >= 11 is 0. The van der Waals surface area contributed by atoms with Gasteiger partial charge in [-0.1, -0.05) is 165 Å². The Balaban J connectivity index is 0.00000103. The summed E-state index contributed by atoms with van der Waals surface area (Å²) in [6, 6.07) is 39.2. The molecule has 1 nitrogen and oxygen atoms in total. The van der Waals surface area contributed by atoms with E-state index in [4.69, 9.17) is 5.73 Å². The van der Waals surface area contributed by atoms with Crippen molar-refractivity contribution >= 4 is 39.4 Å². The molecule has 6 aromatic rings. The summed E-state index contributed by atoms with van der Waals surface area (Å²) in [5, 5.41) is 4.86. The van der Waals surface area contributed by atoms with Crippen LogP contribution in [0.2, 0.25) is 0 Å². The molecule has 0 atom stereocenters.